The Labute approximate surface area is 174 Å². The highest BCUT2D eigenvalue weighted by molar-refractivity contribution is 5.66. The standard InChI is InChI=1S/C23H34N4O2/c1-24-19-26-16-15-25-14-8-13-23(27-22(28)29,17-20-9-4-2-5-10-20)18-21-11-6-3-7-12-21/h2-7,9-12,24-27H,8,13-19H2,1H3,(H,28,29). The number of hydrogen-bond donors (Lipinski definition) is 5. The summed E-state index contributed by atoms with van der Waals surface area (Å²) >= 11 is 0. The number of nitrogens with one attached hydrogen (secondary N) is 4. The van der Waals surface area contributed by atoms with Crippen LogP contribution in [0, 0.1) is 0 Å². The fourth-order valence-electron chi connectivity index (χ4n) is 3.66. The summed E-state index contributed by atoms with van der Waals surface area (Å²) in [7, 11) is 1.91. The van der Waals surface area contributed by atoms with Crippen molar-refractivity contribution in [2.24, 2.45) is 0 Å². The van der Waals surface area contributed by atoms with Crippen LogP contribution in [0.1, 0.15) is 24.0 Å². The first kappa shape index (κ1) is 22.9. The van der Waals surface area contributed by atoms with E-state index in [1.807, 2.05) is 43.4 Å². The molecule has 0 unspecified atom stereocenters. The van der Waals surface area contributed by atoms with Crippen LogP contribution in [0.25, 0.3) is 0 Å². The summed E-state index contributed by atoms with van der Waals surface area (Å²) in [6.45, 7) is 3.43. The lowest BCUT2D eigenvalue weighted by molar-refractivity contribution is 0.172. The molecule has 0 radical (unpaired) electrons. The molecule has 0 fully saturated rings. The van der Waals surface area contributed by atoms with Gasteiger partial charge in [-0.2, -0.15) is 0 Å². The maximum atomic E-state index is 11.7. The Morgan fingerprint density at radius 3 is 1.93 bits per heavy atom. The van der Waals surface area contributed by atoms with Gasteiger partial charge in [-0.1, -0.05) is 60.7 Å². The highest BCUT2D eigenvalue weighted by atomic mass is 16.4. The summed E-state index contributed by atoms with van der Waals surface area (Å²) in [5.41, 5.74) is 1.74. The molecule has 1 amide bonds. The van der Waals surface area contributed by atoms with Gasteiger partial charge in [0.2, 0.25) is 0 Å². The van der Waals surface area contributed by atoms with E-state index in [0.29, 0.717) is 12.8 Å². The van der Waals surface area contributed by atoms with E-state index in [2.05, 4.69) is 45.5 Å². The molecule has 6 heteroatoms. The van der Waals surface area contributed by atoms with Crippen molar-refractivity contribution in [2.45, 2.75) is 31.2 Å². The minimum Gasteiger partial charge on any atom is -0.465 e. The summed E-state index contributed by atoms with van der Waals surface area (Å²) in [6, 6.07) is 20.2. The number of carboxylic acid groups (broad SMARTS) is 1. The molecular weight excluding hydrogens is 364 g/mol. The highest BCUT2D eigenvalue weighted by Crippen LogP contribution is 2.25. The first-order chi connectivity index (χ1) is 14.1. The van der Waals surface area contributed by atoms with Gasteiger partial charge in [-0.3, -0.25) is 0 Å². The first-order valence-corrected chi connectivity index (χ1v) is 10.3. The largest absolute Gasteiger partial charge is 0.465 e. The number of benzene rings is 2. The van der Waals surface area contributed by atoms with Crippen LogP contribution in [0.2, 0.25) is 0 Å². The zero-order valence-electron chi connectivity index (χ0n) is 17.3. The van der Waals surface area contributed by atoms with Gasteiger partial charge in [0.25, 0.3) is 0 Å². The van der Waals surface area contributed by atoms with E-state index in [-0.39, 0.29) is 0 Å². The Hall–Kier alpha value is -2.41. The van der Waals surface area contributed by atoms with Crippen LogP contribution in [-0.4, -0.2) is 50.1 Å². The topological polar surface area (TPSA) is 85.4 Å². The van der Waals surface area contributed by atoms with Gasteiger partial charge in [-0.05, 0) is 50.4 Å². The van der Waals surface area contributed by atoms with E-state index < -0.39 is 11.6 Å². The fraction of sp³-hybridized carbons (Fsp3) is 0.435. The molecule has 6 nitrogen and oxygen atoms in total. The predicted molar refractivity (Wildman–Crippen MR) is 118 cm³/mol. The average Bonchev–Trinajstić information content (AvgIpc) is 2.71. The molecule has 2 aromatic rings. The van der Waals surface area contributed by atoms with Crippen molar-refractivity contribution in [3.05, 3.63) is 71.8 Å². The lowest BCUT2D eigenvalue weighted by Gasteiger charge is -2.34. The lowest BCUT2D eigenvalue weighted by Crippen LogP contribution is -2.51. The number of carbonyl (C=O) groups is 1. The van der Waals surface area contributed by atoms with Gasteiger partial charge >= 0.3 is 6.09 Å². The van der Waals surface area contributed by atoms with Crippen LogP contribution in [0.4, 0.5) is 4.79 Å². The van der Waals surface area contributed by atoms with E-state index in [1.165, 1.54) is 0 Å². The van der Waals surface area contributed by atoms with Crippen LogP contribution in [0.3, 0.4) is 0 Å². The maximum Gasteiger partial charge on any atom is 0.405 e. The van der Waals surface area contributed by atoms with Gasteiger partial charge in [0, 0.05) is 19.8 Å². The fourth-order valence-corrected chi connectivity index (χ4v) is 3.66. The molecule has 0 aromatic heterocycles. The van der Waals surface area contributed by atoms with Gasteiger partial charge in [-0.15, -0.1) is 0 Å². The Morgan fingerprint density at radius 2 is 1.41 bits per heavy atom. The first-order valence-electron chi connectivity index (χ1n) is 10.3. The third kappa shape index (κ3) is 9.09. The van der Waals surface area contributed by atoms with Crippen molar-refractivity contribution in [3.8, 4) is 0 Å². The van der Waals surface area contributed by atoms with Crippen molar-refractivity contribution in [1.29, 1.82) is 0 Å². The van der Waals surface area contributed by atoms with Gasteiger partial charge in [0.05, 0.1) is 5.54 Å². The van der Waals surface area contributed by atoms with Crippen molar-refractivity contribution in [2.75, 3.05) is 33.4 Å². The monoisotopic (exact) mass is 398 g/mol. The third-order valence-corrected chi connectivity index (χ3v) is 4.93. The molecule has 0 aliphatic heterocycles. The summed E-state index contributed by atoms with van der Waals surface area (Å²) in [5.74, 6) is 0. The molecule has 0 aliphatic carbocycles. The zero-order chi connectivity index (χ0) is 20.8. The molecule has 2 aromatic carbocycles. The second kappa shape index (κ2) is 12.9. The Morgan fingerprint density at radius 1 is 0.862 bits per heavy atom. The van der Waals surface area contributed by atoms with Crippen LogP contribution >= 0.6 is 0 Å². The molecular formula is C23H34N4O2. The van der Waals surface area contributed by atoms with E-state index in [4.69, 9.17) is 0 Å². The van der Waals surface area contributed by atoms with Crippen molar-refractivity contribution < 1.29 is 9.90 Å². The van der Waals surface area contributed by atoms with E-state index in [9.17, 15) is 9.90 Å². The van der Waals surface area contributed by atoms with Gasteiger partial charge in [-0.25, -0.2) is 4.79 Å². The Kier molecular flexibility index (Phi) is 10.2. The SMILES string of the molecule is CNCNCCNCCCC(Cc1ccccc1)(Cc1ccccc1)NC(=O)O. The van der Waals surface area contributed by atoms with Crippen LogP contribution in [0.5, 0.6) is 0 Å². The molecule has 158 valence electrons. The maximum absolute atomic E-state index is 11.7. The minimum atomic E-state index is -0.971. The highest BCUT2D eigenvalue weighted by Gasteiger charge is 2.32. The van der Waals surface area contributed by atoms with Crippen LogP contribution < -0.4 is 21.3 Å². The van der Waals surface area contributed by atoms with E-state index in [1.54, 1.807) is 0 Å². The smallest absolute Gasteiger partial charge is 0.405 e. The van der Waals surface area contributed by atoms with Crippen LogP contribution in [0.15, 0.2) is 60.7 Å². The second-order valence-electron chi connectivity index (χ2n) is 7.42. The molecule has 0 heterocycles. The summed E-state index contributed by atoms with van der Waals surface area (Å²) in [4.78, 5) is 11.7. The summed E-state index contributed by atoms with van der Waals surface area (Å²) < 4.78 is 0. The number of amides is 1. The van der Waals surface area contributed by atoms with E-state index >= 15 is 0 Å². The van der Waals surface area contributed by atoms with Gasteiger partial charge in [0.15, 0.2) is 0 Å². The predicted octanol–water partition coefficient (Wildman–Crippen LogP) is 2.61. The molecule has 0 spiro atoms. The van der Waals surface area contributed by atoms with Crippen LogP contribution in [-0.2, 0) is 12.8 Å². The normalized spacial score (nSPS) is 11.3. The molecule has 0 bridgehead atoms. The molecule has 0 aliphatic rings. The number of rotatable bonds is 14. The van der Waals surface area contributed by atoms with Crippen molar-refractivity contribution >= 4 is 6.09 Å². The summed E-state index contributed by atoms with van der Waals surface area (Å²) in [6.07, 6.45) is 2.02. The molecule has 0 atom stereocenters. The third-order valence-electron chi connectivity index (χ3n) is 4.93. The molecule has 5 N–H and O–H groups in total. The van der Waals surface area contributed by atoms with Gasteiger partial charge in [0.1, 0.15) is 0 Å². The van der Waals surface area contributed by atoms with Crippen molar-refractivity contribution in [3.63, 3.8) is 0 Å². The van der Waals surface area contributed by atoms with E-state index in [0.717, 1.165) is 50.3 Å². The summed E-state index contributed by atoms with van der Waals surface area (Å²) in [5, 5.41) is 22.2. The second-order valence-corrected chi connectivity index (χ2v) is 7.42. The Bertz CT molecular complexity index is 653. The zero-order valence-corrected chi connectivity index (χ0v) is 17.3. The molecule has 2 rings (SSSR count). The lowest BCUT2D eigenvalue weighted by atomic mass is 9.81. The molecule has 29 heavy (non-hydrogen) atoms. The van der Waals surface area contributed by atoms with Crippen molar-refractivity contribution in [1.82, 2.24) is 21.3 Å². The average molecular weight is 399 g/mol. The minimum absolute atomic E-state index is 0.541. The molecule has 0 saturated heterocycles. The quantitative estimate of drug-likeness (QED) is 0.250. The van der Waals surface area contributed by atoms with Gasteiger partial charge < -0.3 is 26.4 Å². The number of hydrogen-bond acceptors (Lipinski definition) is 4. The Balaban J connectivity index is 2.04. The molecule has 0 saturated carbocycles.